The number of benzene rings is 1. The number of nitrogens with one attached hydrogen (secondary N) is 1. The number of aromatic nitrogens is 5. The van der Waals surface area contributed by atoms with Crippen LogP contribution in [0.1, 0.15) is 35.6 Å². The Kier molecular flexibility index (Phi) is 7.76. The molecule has 31 heavy (non-hydrogen) atoms. The van der Waals surface area contributed by atoms with Gasteiger partial charge in [-0.05, 0) is 80.7 Å². The molecule has 0 atom stereocenters. The first-order valence-corrected chi connectivity index (χ1v) is 11.3. The summed E-state index contributed by atoms with van der Waals surface area (Å²) < 4.78 is 7.59. The van der Waals surface area contributed by atoms with Crippen LogP contribution in [0.5, 0.6) is 5.75 Å². The number of carbonyl (C=O) groups excluding carboxylic acids is 1. The molecule has 0 fully saturated rings. The van der Waals surface area contributed by atoms with E-state index < -0.39 is 5.91 Å². The lowest BCUT2D eigenvalue weighted by atomic mass is 10.2. The van der Waals surface area contributed by atoms with E-state index in [1.54, 1.807) is 6.07 Å². The molecule has 0 unspecified atom stereocenters. The van der Waals surface area contributed by atoms with Crippen LogP contribution in [0.25, 0.3) is 5.82 Å². The van der Waals surface area contributed by atoms with Gasteiger partial charge in [-0.15, -0.1) is 5.10 Å². The number of amides is 1. The van der Waals surface area contributed by atoms with E-state index in [9.17, 15) is 9.90 Å². The minimum Gasteiger partial charge on any atom is -0.506 e. The summed E-state index contributed by atoms with van der Waals surface area (Å²) in [7, 11) is 0. The largest absolute Gasteiger partial charge is 0.506 e. The minimum atomic E-state index is -0.570. The van der Waals surface area contributed by atoms with Crippen molar-refractivity contribution >= 4 is 63.1 Å². The van der Waals surface area contributed by atoms with Gasteiger partial charge in [-0.3, -0.25) is 9.69 Å². The third kappa shape index (κ3) is 5.29. The maximum absolute atomic E-state index is 12.8. The lowest BCUT2D eigenvalue weighted by Crippen LogP contribution is -2.27. The molecule has 2 aromatic heterocycles. The van der Waals surface area contributed by atoms with E-state index in [2.05, 4.69) is 63.3 Å². The predicted molar refractivity (Wildman–Crippen MR) is 129 cm³/mol. The average molecular weight is 651 g/mol. The van der Waals surface area contributed by atoms with E-state index in [0.717, 1.165) is 16.7 Å². The fourth-order valence-electron chi connectivity index (χ4n) is 2.68. The summed E-state index contributed by atoms with van der Waals surface area (Å²) in [5, 5.41) is 29.4. The van der Waals surface area contributed by atoms with Crippen LogP contribution in [0.15, 0.2) is 21.9 Å². The van der Waals surface area contributed by atoms with Crippen molar-refractivity contribution in [2.24, 2.45) is 5.10 Å². The van der Waals surface area contributed by atoms with Crippen molar-refractivity contribution in [2.75, 3.05) is 18.8 Å². The summed E-state index contributed by atoms with van der Waals surface area (Å²) in [6.45, 7) is 5.87. The van der Waals surface area contributed by atoms with Gasteiger partial charge in [0.2, 0.25) is 11.6 Å². The number of nitrogens with two attached hydrogens (primary N) is 1. The molecule has 0 aliphatic rings. The van der Waals surface area contributed by atoms with Gasteiger partial charge in [0.15, 0.2) is 5.69 Å². The molecule has 4 N–H and O–H groups in total. The van der Waals surface area contributed by atoms with Crippen LogP contribution in [-0.2, 0) is 6.54 Å². The summed E-state index contributed by atoms with van der Waals surface area (Å²) in [6.07, 6.45) is 1.37. The Morgan fingerprint density at radius 3 is 2.74 bits per heavy atom. The molecule has 1 amide bonds. The number of nitrogen functional groups attached to an aromatic ring is 1. The molecule has 3 rings (SSSR count). The van der Waals surface area contributed by atoms with Gasteiger partial charge in [0.1, 0.15) is 5.75 Å². The highest BCUT2D eigenvalue weighted by Crippen LogP contribution is 2.25. The molecule has 0 aliphatic heterocycles. The molecule has 164 valence electrons. The van der Waals surface area contributed by atoms with Crippen LogP contribution in [0.3, 0.4) is 0 Å². The molecule has 12 nitrogen and oxygen atoms in total. The first kappa shape index (κ1) is 23.3. The molecule has 0 radical (unpaired) electrons. The fourth-order valence-corrected chi connectivity index (χ4v) is 4.57. The van der Waals surface area contributed by atoms with Crippen molar-refractivity contribution in [3.63, 3.8) is 0 Å². The maximum atomic E-state index is 12.8. The summed E-state index contributed by atoms with van der Waals surface area (Å²) in [4.78, 5) is 14.9. The van der Waals surface area contributed by atoms with Crippen LogP contribution in [-0.4, -0.2) is 60.5 Å². The summed E-state index contributed by atoms with van der Waals surface area (Å²) in [5.74, 6) is -0.310. The zero-order valence-corrected chi connectivity index (χ0v) is 20.9. The minimum absolute atomic E-state index is 0.0273. The third-order valence-corrected chi connectivity index (χ3v) is 5.81. The number of nitrogens with zero attached hydrogens (tertiary/aromatic N) is 7. The molecular formula is C17H19I2N9O3. The van der Waals surface area contributed by atoms with Crippen molar-refractivity contribution < 1.29 is 14.5 Å². The summed E-state index contributed by atoms with van der Waals surface area (Å²) in [5.41, 5.74) is 9.22. The van der Waals surface area contributed by atoms with Crippen LogP contribution in [0.4, 0.5) is 5.82 Å². The van der Waals surface area contributed by atoms with Crippen LogP contribution in [0, 0.1) is 7.14 Å². The highest BCUT2D eigenvalue weighted by Gasteiger charge is 2.25. The zero-order valence-electron chi connectivity index (χ0n) is 16.6. The lowest BCUT2D eigenvalue weighted by Gasteiger charge is -2.18. The standard InChI is InChI=1S/C17H19I2N9O3/c1-3-27(4-2)8-12-13(22-26-28(12)16-15(20)24-31-25-16)17(30)23-21-7-9-5-10(18)6-11(19)14(9)29/h5-7,29H,3-4,8H2,1-2H3,(H2,20,24)(H,23,30). The van der Waals surface area contributed by atoms with E-state index in [1.165, 1.54) is 10.9 Å². The number of hydrogen-bond acceptors (Lipinski definition) is 10. The summed E-state index contributed by atoms with van der Waals surface area (Å²) in [6, 6.07) is 3.57. The number of rotatable bonds is 8. The van der Waals surface area contributed by atoms with Crippen molar-refractivity contribution in [3.8, 4) is 11.6 Å². The van der Waals surface area contributed by atoms with Gasteiger partial charge in [-0.2, -0.15) is 9.78 Å². The van der Waals surface area contributed by atoms with Gasteiger partial charge in [0.05, 0.1) is 15.5 Å². The van der Waals surface area contributed by atoms with Crippen LogP contribution in [0.2, 0.25) is 0 Å². The molecule has 0 saturated heterocycles. The Bertz CT molecular complexity index is 1110. The van der Waals surface area contributed by atoms with Gasteiger partial charge in [-0.25, -0.2) is 10.1 Å². The lowest BCUT2D eigenvalue weighted by molar-refractivity contribution is 0.0948. The Morgan fingerprint density at radius 1 is 1.35 bits per heavy atom. The van der Waals surface area contributed by atoms with Gasteiger partial charge < -0.3 is 10.8 Å². The zero-order chi connectivity index (χ0) is 22.5. The monoisotopic (exact) mass is 651 g/mol. The van der Waals surface area contributed by atoms with E-state index in [1.807, 2.05) is 42.5 Å². The number of carbonyl (C=O) groups is 1. The predicted octanol–water partition coefficient (Wildman–Crippen LogP) is 1.75. The normalized spacial score (nSPS) is 11.5. The van der Waals surface area contributed by atoms with Gasteiger partial charge in [0, 0.05) is 15.7 Å². The molecule has 14 heteroatoms. The van der Waals surface area contributed by atoms with Crippen molar-refractivity contribution in [2.45, 2.75) is 20.4 Å². The molecule has 1 aromatic carbocycles. The number of phenolic OH excluding ortho intramolecular Hbond substituents is 1. The molecule has 0 bridgehead atoms. The second-order valence-electron chi connectivity index (χ2n) is 6.26. The number of halogens is 2. The van der Waals surface area contributed by atoms with Crippen LogP contribution < -0.4 is 11.2 Å². The molecule has 0 saturated carbocycles. The highest BCUT2D eigenvalue weighted by molar-refractivity contribution is 14.1. The second kappa shape index (κ2) is 10.3. The first-order chi connectivity index (χ1) is 14.8. The molecule has 3 aromatic rings. The summed E-state index contributed by atoms with van der Waals surface area (Å²) >= 11 is 4.16. The van der Waals surface area contributed by atoms with Gasteiger partial charge >= 0.3 is 0 Å². The third-order valence-electron chi connectivity index (χ3n) is 4.37. The smallest absolute Gasteiger partial charge is 0.293 e. The Balaban J connectivity index is 1.88. The van der Waals surface area contributed by atoms with E-state index >= 15 is 0 Å². The molecular weight excluding hydrogens is 632 g/mol. The Labute approximate surface area is 204 Å². The maximum Gasteiger partial charge on any atom is 0.293 e. The molecule has 0 aliphatic carbocycles. The fraction of sp³-hybridized carbons (Fsp3) is 0.294. The average Bonchev–Trinajstić information content (AvgIpc) is 3.34. The topological polar surface area (TPSA) is 161 Å². The highest BCUT2D eigenvalue weighted by atomic mass is 127. The number of hydrazone groups is 1. The van der Waals surface area contributed by atoms with Crippen molar-refractivity contribution in [1.82, 2.24) is 35.6 Å². The van der Waals surface area contributed by atoms with Crippen LogP contribution >= 0.6 is 45.2 Å². The Hall–Kier alpha value is -2.34. The molecule has 2 heterocycles. The quantitative estimate of drug-likeness (QED) is 0.187. The van der Waals surface area contributed by atoms with Crippen molar-refractivity contribution in [1.29, 1.82) is 0 Å². The van der Waals surface area contributed by atoms with Crippen molar-refractivity contribution in [3.05, 3.63) is 36.2 Å². The second-order valence-corrected chi connectivity index (χ2v) is 8.66. The van der Waals surface area contributed by atoms with E-state index in [-0.39, 0.29) is 23.1 Å². The molecule has 0 spiro atoms. The van der Waals surface area contributed by atoms with E-state index in [0.29, 0.717) is 21.4 Å². The SMILES string of the molecule is CCN(CC)Cc1c(C(=O)NN=Cc2cc(I)cc(I)c2O)nnn1-c1nonc1N. The Morgan fingerprint density at radius 2 is 2.10 bits per heavy atom. The number of phenols is 1. The number of aromatic hydroxyl groups is 1. The first-order valence-electron chi connectivity index (χ1n) is 9.12. The number of anilines is 1. The van der Waals surface area contributed by atoms with E-state index in [4.69, 9.17) is 5.73 Å². The van der Waals surface area contributed by atoms with Gasteiger partial charge in [-0.1, -0.05) is 19.1 Å². The number of hydrogen-bond donors (Lipinski definition) is 3. The van der Waals surface area contributed by atoms with Gasteiger partial charge in [0.25, 0.3) is 5.91 Å².